The largest absolute Gasteiger partial charge is 0.373 e. The van der Waals surface area contributed by atoms with Crippen LogP contribution in [0.15, 0.2) is 84.5 Å². The number of hydrogen-bond donors (Lipinski definition) is 0. The minimum absolute atomic E-state index is 0.0165. The lowest BCUT2D eigenvalue weighted by molar-refractivity contribution is -0.114. The van der Waals surface area contributed by atoms with Gasteiger partial charge >= 0.3 is 0 Å². The molecule has 0 aliphatic heterocycles. The quantitative estimate of drug-likeness (QED) is 0.372. The fraction of sp³-hybridized carbons (Fsp3) is 0.393. The van der Waals surface area contributed by atoms with Crippen LogP contribution in [-0.4, -0.2) is 18.5 Å². The molecule has 0 radical (unpaired) electrons. The first-order chi connectivity index (χ1) is 14.9. The zero-order valence-corrected chi connectivity index (χ0v) is 18.8. The van der Waals surface area contributed by atoms with Crippen LogP contribution in [-0.2, 0) is 27.5 Å². The van der Waals surface area contributed by atoms with E-state index in [1.54, 1.807) is 0 Å². The average Bonchev–Trinajstić information content (AvgIpc) is 3.20. The smallest absolute Gasteiger partial charge is 0.155 e. The van der Waals surface area contributed by atoms with Crippen molar-refractivity contribution in [3.05, 3.63) is 95.6 Å². The van der Waals surface area contributed by atoms with Gasteiger partial charge in [-0.2, -0.15) is 0 Å². The molecule has 164 valence electrons. The first kappa shape index (κ1) is 23.2. The first-order valence-corrected chi connectivity index (χ1v) is 11.1. The Hall–Kier alpha value is -2.49. The Morgan fingerprint density at radius 1 is 0.968 bits per heavy atom. The normalized spacial score (nSPS) is 15.0. The number of ketones is 1. The molecule has 0 fully saturated rings. The lowest BCUT2D eigenvalue weighted by atomic mass is 9.77. The highest BCUT2D eigenvalue weighted by molar-refractivity contribution is 5.92. The summed E-state index contributed by atoms with van der Waals surface area (Å²) in [5.41, 5.74) is 4.32. The lowest BCUT2D eigenvalue weighted by Gasteiger charge is -2.36. The minimum atomic E-state index is -0.255. The molecule has 3 nitrogen and oxygen atoms in total. The zero-order chi connectivity index (χ0) is 22.1. The third-order valence-electron chi connectivity index (χ3n) is 6.18. The zero-order valence-electron chi connectivity index (χ0n) is 18.8. The molecule has 1 atom stereocenters. The molecule has 0 spiro atoms. The number of carbonyl (C=O) groups is 1. The van der Waals surface area contributed by atoms with Crippen LogP contribution in [0.2, 0.25) is 0 Å². The molecule has 0 amide bonds. The molecule has 0 N–H and O–H groups in total. The van der Waals surface area contributed by atoms with Gasteiger partial charge in [0.15, 0.2) is 5.78 Å². The molecule has 3 heteroatoms. The van der Waals surface area contributed by atoms with E-state index < -0.39 is 0 Å². The predicted octanol–water partition coefficient (Wildman–Crippen LogP) is 6.44. The van der Waals surface area contributed by atoms with Crippen molar-refractivity contribution in [3.63, 3.8) is 0 Å². The number of allylic oxidation sites excluding steroid dienone is 2. The number of benzene rings is 2. The van der Waals surface area contributed by atoms with Crippen LogP contribution >= 0.6 is 0 Å². The summed E-state index contributed by atoms with van der Waals surface area (Å²) in [6.45, 7) is 10.3. The van der Waals surface area contributed by atoms with Crippen LogP contribution in [0.5, 0.6) is 0 Å². The van der Waals surface area contributed by atoms with Crippen LogP contribution in [0.3, 0.4) is 0 Å². The van der Waals surface area contributed by atoms with Crippen molar-refractivity contribution >= 4 is 5.78 Å². The second-order valence-electron chi connectivity index (χ2n) is 8.90. The number of hydrogen-bond acceptors (Lipinski definition) is 3. The molecule has 1 unspecified atom stereocenters. The van der Waals surface area contributed by atoms with Gasteiger partial charge in [-0.1, -0.05) is 86.7 Å². The van der Waals surface area contributed by atoms with Gasteiger partial charge in [-0.25, -0.2) is 0 Å². The maximum absolute atomic E-state index is 11.6. The fourth-order valence-electron chi connectivity index (χ4n) is 3.87. The van der Waals surface area contributed by atoms with Gasteiger partial charge in [0, 0.05) is 11.8 Å². The van der Waals surface area contributed by atoms with Crippen molar-refractivity contribution in [2.24, 2.45) is 5.41 Å². The SMILES string of the molecule is C=C(COCc1ccccc1)C(C)(C)C(CCC1=CC(=O)CC1)OCc1ccccc1. The summed E-state index contributed by atoms with van der Waals surface area (Å²) in [4.78, 5) is 11.6. The predicted molar refractivity (Wildman–Crippen MR) is 126 cm³/mol. The first-order valence-electron chi connectivity index (χ1n) is 11.1. The Bertz CT molecular complexity index is 881. The number of ether oxygens (including phenoxy) is 2. The van der Waals surface area contributed by atoms with Crippen LogP contribution in [0.1, 0.15) is 50.7 Å². The van der Waals surface area contributed by atoms with E-state index in [4.69, 9.17) is 9.47 Å². The van der Waals surface area contributed by atoms with Crippen molar-refractivity contribution < 1.29 is 14.3 Å². The van der Waals surface area contributed by atoms with Crippen molar-refractivity contribution in [2.75, 3.05) is 6.61 Å². The Morgan fingerprint density at radius 2 is 1.58 bits per heavy atom. The Kier molecular flexibility index (Phi) is 8.39. The van der Waals surface area contributed by atoms with Crippen LogP contribution in [0, 0.1) is 5.41 Å². The van der Waals surface area contributed by atoms with E-state index in [0.717, 1.165) is 36.0 Å². The van der Waals surface area contributed by atoms with Crippen molar-refractivity contribution in [1.29, 1.82) is 0 Å². The summed E-state index contributed by atoms with van der Waals surface area (Å²) in [7, 11) is 0. The molecule has 1 aliphatic rings. The van der Waals surface area contributed by atoms with Gasteiger partial charge in [0.2, 0.25) is 0 Å². The van der Waals surface area contributed by atoms with Gasteiger partial charge in [-0.3, -0.25) is 4.79 Å². The standard InChI is InChI=1S/C28H34O3/c1-22(19-30-20-24-10-6-4-7-11-24)28(2,3)27(17-15-23-14-16-26(29)18-23)31-21-25-12-8-5-9-13-25/h4-13,18,27H,1,14-17,19-21H2,2-3H3. The van der Waals surface area contributed by atoms with E-state index in [0.29, 0.717) is 26.2 Å². The Morgan fingerprint density at radius 3 is 2.16 bits per heavy atom. The molecule has 0 bridgehead atoms. The summed E-state index contributed by atoms with van der Waals surface area (Å²) in [5, 5.41) is 0. The fourth-order valence-corrected chi connectivity index (χ4v) is 3.87. The summed E-state index contributed by atoms with van der Waals surface area (Å²) in [6.07, 6.45) is 5.07. The number of rotatable bonds is 12. The van der Waals surface area contributed by atoms with Gasteiger partial charge in [0.1, 0.15) is 0 Å². The third kappa shape index (κ3) is 7.02. The number of carbonyl (C=O) groups excluding carboxylic acids is 1. The molecular formula is C28H34O3. The van der Waals surface area contributed by atoms with Gasteiger partial charge in [0.25, 0.3) is 0 Å². The van der Waals surface area contributed by atoms with E-state index >= 15 is 0 Å². The van der Waals surface area contributed by atoms with Gasteiger partial charge in [0.05, 0.1) is 25.9 Å². The summed E-state index contributed by atoms with van der Waals surface area (Å²) in [6, 6.07) is 20.4. The summed E-state index contributed by atoms with van der Waals surface area (Å²) >= 11 is 0. The maximum atomic E-state index is 11.6. The monoisotopic (exact) mass is 418 g/mol. The van der Waals surface area contributed by atoms with Crippen molar-refractivity contribution in [2.45, 2.75) is 58.8 Å². The topological polar surface area (TPSA) is 35.5 Å². The summed E-state index contributed by atoms with van der Waals surface area (Å²) < 4.78 is 12.4. The molecule has 0 saturated heterocycles. The van der Waals surface area contributed by atoms with Crippen molar-refractivity contribution in [3.8, 4) is 0 Å². The third-order valence-corrected chi connectivity index (χ3v) is 6.18. The Labute approximate surface area is 186 Å². The molecule has 31 heavy (non-hydrogen) atoms. The summed E-state index contributed by atoms with van der Waals surface area (Å²) in [5.74, 6) is 0.245. The van der Waals surface area contributed by atoms with E-state index in [-0.39, 0.29) is 17.3 Å². The molecule has 2 aromatic rings. The van der Waals surface area contributed by atoms with Crippen LogP contribution < -0.4 is 0 Å². The van der Waals surface area contributed by atoms with Crippen molar-refractivity contribution in [1.82, 2.24) is 0 Å². The van der Waals surface area contributed by atoms with Crippen LogP contribution in [0.25, 0.3) is 0 Å². The van der Waals surface area contributed by atoms with Gasteiger partial charge in [-0.05, 0) is 42.0 Å². The molecule has 0 saturated carbocycles. The van der Waals surface area contributed by atoms with E-state index in [9.17, 15) is 4.79 Å². The minimum Gasteiger partial charge on any atom is -0.373 e. The molecule has 0 heterocycles. The average molecular weight is 419 g/mol. The van der Waals surface area contributed by atoms with Gasteiger partial charge in [-0.15, -0.1) is 0 Å². The molecule has 0 aromatic heterocycles. The highest BCUT2D eigenvalue weighted by atomic mass is 16.5. The second-order valence-corrected chi connectivity index (χ2v) is 8.90. The highest BCUT2D eigenvalue weighted by Crippen LogP contribution is 2.36. The van der Waals surface area contributed by atoms with E-state index in [1.807, 2.05) is 42.5 Å². The van der Waals surface area contributed by atoms with E-state index in [1.165, 1.54) is 5.57 Å². The molecule has 2 aromatic carbocycles. The highest BCUT2D eigenvalue weighted by Gasteiger charge is 2.33. The van der Waals surface area contributed by atoms with Gasteiger partial charge < -0.3 is 9.47 Å². The van der Waals surface area contributed by atoms with E-state index in [2.05, 4.69) is 44.7 Å². The Balaban J connectivity index is 1.61. The molecule has 3 rings (SSSR count). The molecular weight excluding hydrogens is 384 g/mol. The second kappa shape index (κ2) is 11.2. The lowest BCUT2D eigenvalue weighted by Crippen LogP contribution is -2.35. The maximum Gasteiger partial charge on any atom is 0.155 e. The van der Waals surface area contributed by atoms with Crippen LogP contribution in [0.4, 0.5) is 0 Å². The molecule has 1 aliphatic carbocycles.